The van der Waals surface area contributed by atoms with Crippen molar-refractivity contribution < 1.29 is 28.2 Å². The summed E-state index contributed by atoms with van der Waals surface area (Å²) in [5.74, 6) is -1.54. The summed E-state index contributed by atoms with van der Waals surface area (Å²) in [5.41, 5.74) is 0.880. The van der Waals surface area contributed by atoms with Crippen LogP contribution < -0.4 is 15.4 Å². The molecule has 0 bridgehead atoms. The van der Waals surface area contributed by atoms with Crippen LogP contribution in [0.5, 0.6) is 5.75 Å². The van der Waals surface area contributed by atoms with Gasteiger partial charge in [-0.05, 0) is 36.4 Å². The number of ether oxygens (including phenoxy) is 2. The highest BCUT2D eigenvalue weighted by Crippen LogP contribution is 2.23. The number of rotatable bonds is 8. The van der Waals surface area contributed by atoms with Gasteiger partial charge in [-0.1, -0.05) is 12.1 Å². The van der Waals surface area contributed by atoms with E-state index in [2.05, 4.69) is 10.6 Å². The van der Waals surface area contributed by atoms with Crippen molar-refractivity contribution in [3.63, 3.8) is 0 Å². The summed E-state index contributed by atoms with van der Waals surface area (Å²) in [7, 11) is 1.49. The molecule has 0 aliphatic carbocycles. The van der Waals surface area contributed by atoms with E-state index in [-0.39, 0.29) is 18.7 Å². The molecule has 2 amide bonds. The Hall–Kier alpha value is -3.42. The summed E-state index contributed by atoms with van der Waals surface area (Å²) < 4.78 is 22.7. The third kappa shape index (κ3) is 6.77. The fraction of sp³-hybridized carbons (Fsp3) is 0.211. The van der Waals surface area contributed by atoms with Gasteiger partial charge in [0.05, 0.1) is 19.2 Å². The molecular formula is C19H19FN2O5. The van der Waals surface area contributed by atoms with Crippen molar-refractivity contribution in [2.45, 2.75) is 12.8 Å². The summed E-state index contributed by atoms with van der Waals surface area (Å²) >= 11 is 0. The molecule has 0 aliphatic heterocycles. The number of carbonyl (C=O) groups is 3. The van der Waals surface area contributed by atoms with Crippen LogP contribution in [0.4, 0.5) is 15.8 Å². The maximum atomic E-state index is 12.8. The van der Waals surface area contributed by atoms with Crippen LogP contribution in [0.25, 0.3) is 0 Å². The molecule has 0 aliphatic rings. The molecule has 0 saturated carbocycles. The van der Waals surface area contributed by atoms with E-state index in [9.17, 15) is 18.8 Å². The number of methoxy groups -OCH3 is 1. The SMILES string of the molecule is COc1ccccc1NC(=O)CCC(=O)OCC(=O)Nc1ccc(F)cc1. The van der Waals surface area contributed by atoms with Gasteiger partial charge in [-0.25, -0.2) is 4.39 Å². The van der Waals surface area contributed by atoms with Crippen LogP contribution in [0.2, 0.25) is 0 Å². The number of nitrogens with one attached hydrogen (secondary N) is 2. The predicted molar refractivity (Wildman–Crippen MR) is 96.8 cm³/mol. The van der Waals surface area contributed by atoms with Crippen LogP contribution in [-0.4, -0.2) is 31.5 Å². The van der Waals surface area contributed by atoms with Crippen LogP contribution in [0.15, 0.2) is 48.5 Å². The summed E-state index contributed by atoms with van der Waals surface area (Å²) in [5, 5.41) is 5.10. The van der Waals surface area contributed by atoms with E-state index in [0.717, 1.165) is 0 Å². The first-order valence-electron chi connectivity index (χ1n) is 8.12. The van der Waals surface area contributed by atoms with Crippen LogP contribution in [-0.2, 0) is 19.1 Å². The van der Waals surface area contributed by atoms with Crippen LogP contribution >= 0.6 is 0 Å². The number of esters is 1. The van der Waals surface area contributed by atoms with E-state index in [1.165, 1.54) is 31.4 Å². The Bertz CT molecular complexity index is 808. The smallest absolute Gasteiger partial charge is 0.306 e. The minimum Gasteiger partial charge on any atom is -0.495 e. The van der Waals surface area contributed by atoms with Gasteiger partial charge in [-0.3, -0.25) is 14.4 Å². The molecule has 0 aromatic heterocycles. The molecule has 0 heterocycles. The first-order valence-corrected chi connectivity index (χ1v) is 8.12. The topological polar surface area (TPSA) is 93.7 Å². The Balaban J connectivity index is 1.70. The fourth-order valence-electron chi connectivity index (χ4n) is 2.12. The molecule has 0 spiro atoms. The van der Waals surface area contributed by atoms with Gasteiger partial charge in [0.1, 0.15) is 11.6 Å². The third-order valence-electron chi connectivity index (χ3n) is 3.43. The zero-order valence-electron chi connectivity index (χ0n) is 14.7. The van der Waals surface area contributed by atoms with E-state index >= 15 is 0 Å². The Morgan fingerprint density at radius 2 is 1.63 bits per heavy atom. The fourth-order valence-corrected chi connectivity index (χ4v) is 2.12. The first-order chi connectivity index (χ1) is 13.0. The van der Waals surface area contributed by atoms with Crippen LogP contribution in [0.3, 0.4) is 0 Å². The van der Waals surface area contributed by atoms with Crippen molar-refractivity contribution in [2.75, 3.05) is 24.4 Å². The molecule has 27 heavy (non-hydrogen) atoms. The minimum atomic E-state index is -0.681. The molecule has 0 saturated heterocycles. The van der Waals surface area contributed by atoms with E-state index in [1.54, 1.807) is 24.3 Å². The van der Waals surface area contributed by atoms with E-state index in [4.69, 9.17) is 9.47 Å². The van der Waals surface area contributed by atoms with Gasteiger partial charge in [0.15, 0.2) is 6.61 Å². The average molecular weight is 374 g/mol. The summed E-state index contributed by atoms with van der Waals surface area (Å²) in [6.07, 6.45) is -0.277. The van der Waals surface area contributed by atoms with Gasteiger partial charge >= 0.3 is 5.97 Å². The first kappa shape index (κ1) is 19.9. The number of para-hydroxylation sites is 2. The van der Waals surface area contributed by atoms with Gasteiger partial charge in [0, 0.05) is 12.1 Å². The molecule has 0 atom stereocenters. The summed E-state index contributed by atoms with van der Waals surface area (Å²) in [6, 6.07) is 12.0. The Kier molecular flexibility index (Phi) is 7.30. The standard InChI is InChI=1S/C19H19FN2O5/c1-26-16-5-3-2-4-15(16)22-17(23)10-11-19(25)27-12-18(24)21-14-8-6-13(20)7-9-14/h2-9H,10-12H2,1H3,(H,21,24)(H,22,23). The second-order valence-electron chi connectivity index (χ2n) is 5.46. The van der Waals surface area contributed by atoms with E-state index in [0.29, 0.717) is 17.1 Å². The maximum absolute atomic E-state index is 12.8. The zero-order valence-corrected chi connectivity index (χ0v) is 14.7. The molecule has 0 radical (unpaired) electrons. The van der Waals surface area contributed by atoms with Gasteiger partial charge in [0.2, 0.25) is 5.91 Å². The van der Waals surface area contributed by atoms with Crippen molar-refractivity contribution in [2.24, 2.45) is 0 Å². The number of anilines is 2. The highest BCUT2D eigenvalue weighted by atomic mass is 19.1. The number of hydrogen-bond donors (Lipinski definition) is 2. The largest absolute Gasteiger partial charge is 0.495 e. The van der Waals surface area contributed by atoms with Gasteiger partial charge < -0.3 is 20.1 Å². The second kappa shape index (κ2) is 9.91. The van der Waals surface area contributed by atoms with Crippen molar-refractivity contribution in [1.29, 1.82) is 0 Å². The van der Waals surface area contributed by atoms with Crippen molar-refractivity contribution in [1.82, 2.24) is 0 Å². The third-order valence-corrected chi connectivity index (χ3v) is 3.43. The minimum absolute atomic E-state index is 0.101. The lowest BCUT2D eigenvalue weighted by atomic mass is 10.2. The highest BCUT2D eigenvalue weighted by molar-refractivity contribution is 5.95. The number of hydrogen-bond acceptors (Lipinski definition) is 5. The highest BCUT2D eigenvalue weighted by Gasteiger charge is 2.12. The number of carbonyl (C=O) groups excluding carboxylic acids is 3. The predicted octanol–water partition coefficient (Wildman–Crippen LogP) is 2.73. The Morgan fingerprint density at radius 3 is 2.33 bits per heavy atom. The Labute approximate surface area is 155 Å². The molecule has 142 valence electrons. The summed E-state index contributed by atoms with van der Waals surface area (Å²) in [4.78, 5) is 35.3. The molecule has 8 heteroatoms. The number of halogens is 1. The lowest BCUT2D eigenvalue weighted by molar-refractivity contribution is -0.147. The van der Waals surface area contributed by atoms with Gasteiger partial charge in [0.25, 0.3) is 5.91 Å². The van der Waals surface area contributed by atoms with Gasteiger partial charge in [-0.15, -0.1) is 0 Å². The second-order valence-corrected chi connectivity index (χ2v) is 5.46. The molecule has 2 aromatic carbocycles. The molecule has 0 unspecified atom stereocenters. The molecular weight excluding hydrogens is 355 g/mol. The van der Waals surface area contributed by atoms with Crippen LogP contribution in [0, 0.1) is 5.82 Å². The molecule has 7 nitrogen and oxygen atoms in total. The normalized spacial score (nSPS) is 10.0. The lowest BCUT2D eigenvalue weighted by Gasteiger charge is -2.10. The average Bonchev–Trinajstić information content (AvgIpc) is 2.67. The lowest BCUT2D eigenvalue weighted by Crippen LogP contribution is -2.21. The monoisotopic (exact) mass is 374 g/mol. The van der Waals surface area contributed by atoms with E-state index < -0.39 is 24.3 Å². The quantitative estimate of drug-likeness (QED) is 0.693. The molecule has 2 aromatic rings. The summed E-state index contributed by atoms with van der Waals surface area (Å²) in [6.45, 7) is -0.496. The Morgan fingerprint density at radius 1 is 0.926 bits per heavy atom. The van der Waals surface area contributed by atoms with Crippen LogP contribution in [0.1, 0.15) is 12.8 Å². The molecule has 2 N–H and O–H groups in total. The van der Waals surface area contributed by atoms with E-state index in [1.807, 2.05) is 0 Å². The molecule has 2 rings (SSSR count). The van der Waals surface area contributed by atoms with Gasteiger partial charge in [-0.2, -0.15) is 0 Å². The van der Waals surface area contributed by atoms with Crippen molar-refractivity contribution >= 4 is 29.2 Å². The maximum Gasteiger partial charge on any atom is 0.306 e. The number of amides is 2. The number of benzene rings is 2. The zero-order chi connectivity index (χ0) is 19.6. The van der Waals surface area contributed by atoms with Crippen molar-refractivity contribution in [3.05, 3.63) is 54.3 Å². The van der Waals surface area contributed by atoms with Crippen molar-refractivity contribution in [3.8, 4) is 5.75 Å². The molecule has 0 fully saturated rings.